The molecule has 18 heavy (non-hydrogen) atoms. The molecular formula is C11H12N2O4S. The molecule has 0 aliphatic rings. The van der Waals surface area contributed by atoms with Crippen molar-refractivity contribution in [2.45, 2.75) is 13.0 Å². The molecule has 0 unspecified atom stereocenters. The van der Waals surface area contributed by atoms with E-state index in [0.717, 1.165) is 6.26 Å². The second kappa shape index (κ2) is 5.51. The average molecular weight is 268 g/mol. The van der Waals surface area contributed by atoms with E-state index >= 15 is 0 Å². The van der Waals surface area contributed by atoms with E-state index in [4.69, 9.17) is 10.00 Å². The van der Waals surface area contributed by atoms with Gasteiger partial charge in [0.1, 0.15) is 5.75 Å². The maximum Gasteiger partial charge on any atom is 0.274 e. The minimum atomic E-state index is -3.59. The lowest BCUT2D eigenvalue weighted by Gasteiger charge is -2.13. The third-order valence-electron chi connectivity index (χ3n) is 1.95. The van der Waals surface area contributed by atoms with Gasteiger partial charge in [0.15, 0.2) is 6.10 Å². The normalized spacial score (nSPS) is 12.3. The number of ether oxygens (including phenoxy) is 1. The van der Waals surface area contributed by atoms with E-state index in [-0.39, 0.29) is 0 Å². The lowest BCUT2D eigenvalue weighted by molar-refractivity contribution is -0.125. The van der Waals surface area contributed by atoms with E-state index in [2.05, 4.69) is 0 Å². The van der Waals surface area contributed by atoms with Gasteiger partial charge in [-0.3, -0.25) is 9.52 Å². The van der Waals surface area contributed by atoms with Gasteiger partial charge in [0.2, 0.25) is 10.0 Å². The third kappa shape index (κ3) is 4.43. The first-order valence-electron chi connectivity index (χ1n) is 5.00. The van der Waals surface area contributed by atoms with E-state index in [0.29, 0.717) is 11.3 Å². The molecule has 6 nitrogen and oxygen atoms in total. The van der Waals surface area contributed by atoms with E-state index in [9.17, 15) is 13.2 Å². The number of rotatable bonds is 4. The number of amides is 1. The first-order chi connectivity index (χ1) is 8.31. The molecule has 7 heteroatoms. The fraction of sp³-hybridized carbons (Fsp3) is 0.273. The summed E-state index contributed by atoms with van der Waals surface area (Å²) in [4.78, 5) is 11.4. The number of hydrogen-bond donors (Lipinski definition) is 1. The minimum Gasteiger partial charge on any atom is -0.481 e. The fourth-order valence-corrected chi connectivity index (χ4v) is 1.66. The van der Waals surface area contributed by atoms with E-state index in [1.807, 2.05) is 10.8 Å². The topological polar surface area (TPSA) is 96.3 Å². The summed E-state index contributed by atoms with van der Waals surface area (Å²) in [5, 5.41) is 8.60. The van der Waals surface area contributed by atoms with Gasteiger partial charge >= 0.3 is 0 Å². The van der Waals surface area contributed by atoms with Crippen molar-refractivity contribution >= 4 is 15.9 Å². The number of nitrogens with one attached hydrogen (secondary N) is 1. The second-order valence-electron chi connectivity index (χ2n) is 3.63. The zero-order valence-corrected chi connectivity index (χ0v) is 10.7. The highest BCUT2D eigenvalue weighted by Crippen LogP contribution is 2.13. The molecule has 0 saturated heterocycles. The van der Waals surface area contributed by atoms with Crippen molar-refractivity contribution in [1.82, 2.24) is 4.72 Å². The Morgan fingerprint density at radius 1 is 1.39 bits per heavy atom. The van der Waals surface area contributed by atoms with Crippen molar-refractivity contribution in [3.8, 4) is 11.8 Å². The van der Waals surface area contributed by atoms with Crippen molar-refractivity contribution in [3.63, 3.8) is 0 Å². The van der Waals surface area contributed by atoms with Crippen LogP contribution in [0.2, 0.25) is 0 Å². The molecule has 1 aromatic carbocycles. The summed E-state index contributed by atoms with van der Waals surface area (Å²) < 4.78 is 28.8. The number of carbonyl (C=O) groups excluding carboxylic acids is 1. The first kappa shape index (κ1) is 14.0. The summed E-state index contributed by atoms with van der Waals surface area (Å²) in [6.45, 7) is 1.43. The Balaban J connectivity index is 2.67. The van der Waals surface area contributed by atoms with Crippen LogP contribution in [0.15, 0.2) is 24.3 Å². The summed E-state index contributed by atoms with van der Waals surface area (Å²) in [6, 6.07) is 8.08. The van der Waals surface area contributed by atoms with Crippen LogP contribution < -0.4 is 9.46 Å². The lowest BCUT2D eigenvalue weighted by atomic mass is 10.2. The molecule has 0 heterocycles. The summed E-state index contributed by atoms with van der Waals surface area (Å²) in [5.41, 5.74) is 0.468. The van der Waals surface area contributed by atoms with Crippen molar-refractivity contribution in [3.05, 3.63) is 29.8 Å². The molecule has 1 N–H and O–H groups in total. The van der Waals surface area contributed by atoms with Gasteiger partial charge < -0.3 is 4.74 Å². The van der Waals surface area contributed by atoms with Crippen LogP contribution >= 0.6 is 0 Å². The van der Waals surface area contributed by atoms with E-state index in [1.54, 1.807) is 0 Å². The Hall–Kier alpha value is -2.07. The molecule has 1 aromatic rings. The molecule has 1 rings (SSSR count). The lowest BCUT2D eigenvalue weighted by Crippen LogP contribution is -2.39. The molecule has 0 fully saturated rings. The number of benzene rings is 1. The van der Waals surface area contributed by atoms with Crippen LogP contribution in [0.4, 0.5) is 0 Å². The van der Waals surface area contributed by atoms with Crippen molar-refractivity contribution in [1.29, 1.82) is 5.26 Å². The monoisotopic (exact) mass is 268 g/mol. The van der Waals surface area contributed by atoms with Crippen LogP contribution in [0, 0.1) is 11.3 Å². The highest BCUT2D eigenvalue weighted by atomic mass is 32.2. The Morgan fingerprint density at radius 2 is 1.94 bits per heavy atom. The smallest absolute Gasteiger partial charge is 0.274 e. The van der Waals surface area contributed by atoms with Gasteiger partial charge in [-0.1, -0.05) is 0 Å². The zero-order chi connectivity index (χ0) is 13.8. The molecule has 0 aliphatic carbocycles. The quantitative estimate of drug-likeness (QED) is 0.852. The molecule has 0 radical (unpaired) electrons. The van der Waals surface area contributed by atoms with Gasteiger partial charge in [0, 0.05) is 0 Å². The van der Waals surface area contributed by atoms with Gasteiger partial charge in [-0.15, -0.1) is 0 Å². The molecular weight excluding hydrogens is 256 g/mol. The molecule has 0 aromatic heterocycles. The van der Waals surface area contributed by atoms with Crippen LogP contribution in [0.25, 0.3) is 0 Å². The van der Waals surface area contributed by atoms with E-state index < -0.39 is 22.0 Å². The Bertz CT molecular complexity index is 572. The van der Waals surface area contributed by atoms with Crippen LogP contribution in [0.3, 0.4) is 0 Å². The number of nitrogens with zero attached hydrogens (tertiary/aromatic N) is 1. The van der Waals surface area contributed by atoms with Gasteiger partial charge in [0.05, 0.1) is 17.9 Å². The Labute approximate surface area is 105 Å². The summed E-state index contributed by atoms with van der Waals surface area (Å²) in [7, 11) is -3.59. The molecule has 1 amide bonds. The largest absolute Gasteiger partial charge is 0.481 e. The van der Waals surface area contributed by atoms with Crippen LogP contribution in [0.1, 0.15) is 12.5 Å². The summed E-state index contributed by atoms with van der Waals surface area (Å²) in [6.07, 6.45) is -0.0630. The molecule has 0 spiro atoms. The standard InChI is InChI=1S/C11H12N2O4S/c1-8(11(14)13-18(2,15)16)17-10-5-3-9(7-12)4-6-10/h3-6,8H,1-2H3,(H,13,14)/t8-/m1/s1. The number of carbonyl (C=O) groups is 1. The zero-order valence-electron chi connectivity index (χ0n) is 9.88. The predicted molar refractivity (Wildman–Crippen MR) is 64.2 cm³/mol. The maximum absolute atomic E-state index is 11.4. The minimum absolute atomic E-state index is 0.380. The molecule has 0 aliphatic heterocycles. The maximum atomic E-state index is 11.4. The second-order valence-corrected chi connectivity index (χ2v) is 5.38. The van der Waals surface area contributed by atoms with Gasteiger partial charge in [-0.2, -0.15) is 5.26 Å². The summed E-state index contributed by atoms with van der Waals surface area (Å²) in [5.74, 6) is -0.369. The SMILES string of the molecule is C[C@@H](Oc1ccc(C#N)cc1)C(=O)NS(C)(=O)=O. The van der Waals surface area contributed by atoms with Crippen LogP contribution in [-0.2, 0) is 14.8 Å². The van der Waals surface area contributed by atoms with E-state index in [1.165, 1.54) is 31.2 Å². The van der Waals surface area contributed by atoms with Crippen molar-refractivity contribution in [2.75, 3.05) is 6.26 Å². The predicted octanol–water partition coefficient (Wildman–Crippen LogP) is 0.401. The third-order valence-corrected chi connectivity index (χ3v) is 2.52. The molecule has 0 bridgehead atoms. The van der Waals surface area contributed by atoms with Gasteiger partial charge in [-0.25, -0.2) is 8.42 Å². The molecule has 1 atom stereocenters. The highest BCUT2D eigenvalue weighted by Gasteiger charge is 2.18. The van der Waals surface area contributed by atoms with Gasteiger partial charge in [0.25, 0.3) is 5.91 Å². The number of hydrogen-bond acceptors (Lipinski definition) is 5. The van der Waals surface area contributed by atoms with Gasteiger partial charge in [-0.05, 0) is 31.2 Å². The highest BCUT2D eigenvalue weighted by molar-refractivity contribution is 7.89. The Morgan fingerprint density at radius 3 is 2.39 bits per heavy atom. The van der Waals surface area contributed by atoms with Crippen molar-refractivity contribution < 1.29 is 17.9 Å². The Kier molecular flexibility index (Phi) is 4.28. The molecule has 96 valence electrons. The van der Waals surface area contributed by atoms with Crippen molar-refractivity contribution in [2.24, 2.45) is 0 Å². The van der Waals surface area contributed by atoms with Crippen LogP contribution in [0.5, 0.6) is 5.75 Å². The average Bonchev–Trinajstić information content (AvgIpc) is 2.27. The number of nitriles is 1. The summed E-state index contributed by atoms with van der Waals surface area (Å²) >= 11 is 0. The molecule has 0 saturated carbocycles. The first-order valence-corrected chi connectivity index (χ1v) is 6.89. The fourth-order valence-electron chi connectivity index (χ4n) is 1.13. The van der Waals surface area contributed by atoms with Crippen LogP contribution in [-0.4, -0.2) is 26.7 Å². The number of sulfonamides is 1.